The SMILES string of the molecule is COCc1nc(NN)cc(NCCN2CCSCC2)n1. The first-order valence-corrected chi connectivity index (χ1v) is 7.85. The monoisotopic (exact) mass is 298 g/mol. The molecule has 1 aromatic rings. The zero-order valence-corrected chi connectivity index (χ0v) is 12.6. The van der Waals surface area contributed by atoms with Crippen molar-refractivity contribution in [1.82, 2.24) is 14.9 Å². The van der Waals surface area contributed by atoms with Gasteiger partial charge in [0.15, 0.2) is 5.82 Å². The fraction of sp³-hybridized carbons (Fsp3) is 0.667. The third-order valence-electron chi connectivity index (χ3n) is 3.03. The van der Waals surface area contributed by atoms with E-state index in [1.54, 1.807) is 13.2 Å². The number of nitrogens with two attached hydrogens (primary N) is 1. The first-order chi connectivity index (χ1) is 9.81. The van der Waals surface area contributed by atoms with Crippen LogP contribution in [0.15, 0.2) is 6.07 Å². The van der Waals surface area contributed by atoms with Gasteiger partial charge in [-0.2, -0.15) is 11.8 Å². The minimum absolute atomic E-state index is 0.369. The van der Waals surface area contributed by atoms with E-state index in [0.29, 0.717) is 18.2 Å². The van der Waals surface area contributed by atoms with Crippen molar-refractivity contribution < 1.29 is 4.74 Å². The molecule has 0 atom stereocenters. The molecule has 0 saturated carbocycles. The van der Waals surface area contributed by atoms with Gasteiger partial charge in [0.05, 0.1) is 0 Å². The van der Waals surface area contributed by atoms with Crippen molar-refractivity contribution in [1.29, 1.82) is 0 Å². The van der Waals surface area contributed by atoms with Gasteiger partial charge in [-0.3, -0.25) is 4.90 Å². The number of hydrazine groups is 1. The maximum atomic E-state index is 5.41. The predicted octanol–water partition coefficient (Wildman–Crippen LogP) is 0.369. The van der Waals surface area contributed by atoms with Crippen LogP contribution in [0.25, 0.3) is 0 Å². The molecule has 0 bridgehead atoms. The van der Waals surface area contributed by atoms with Crippen molar-refractivity contribution in [2.45, 2.75) is 6.61 Å². The molecule has 0 radical (unpaired) electrons. The summed E-state index contributed by atoms with van der Waals surface area (Å²) in [5, 5.41) is 3.31. The molecule has 2 heterocycles. The number of hydrogen-bond donors (Lipinski definition) is 3. The minimum Gasteiger partial charge on any atom is -0.377 e. The number of thioether (sulfide) groups is 1. The maximum absolute atomic E-state index is 5.41. The average Bonchev–Trinajstić information content (AvgIpc) is 2.48. The second-order valence-corrected chi connectivity index (χ2v) is 5.74. The number of anilines is 2. The highest BCUT2D eigenvalue weighted by Crippen LogP contribution is 2.12. The largest absolute Gasteiger partial charge is 0.377 e. The lowest BCUT2D eigenvalue weighted by molar-refractivity contribution is 0.178. The van der Waals surface area contributed by atoms with Crippen LogP contribution in [0.2, 0.25) is 0 Å². The third kappa shape index (κ3) is 4.78. The summed E-state index contributed by atoms with van der Waals surface area (Å²) in [5.74, 6) is 9.84. The summed E-state index contributed by atoms with van der Waals surface area (Å²) < 4.78 is 5.05. The van der Waals surface area contributed by atoms with Crippen molar-refractivity contribution in [2.75, 3.05) is 55.5 Å². The standard InChI is InChI=1S/C12H22N6OS/c1-19-9-12-15-10(8-11(16-12)17-13)14-2-3-18-4-6-20-7-5-18/h8H,2-7,9,13H2,1H3,(H2,14,15,16,17). The highest BCUT2D eigenvalue weighted by molar-refractivity contribution is 7.99. The van der Waals surface area contributed by atoms with Gasteiger partial charge in [-0.05, 0) is 0 Å². The van der Waals surface area contributed by atoms with Crippen molar-refractivity contribution >= 4 is 23.4 Å². The van der Waals surface area contributed by atoms with Crippen LogP contribution in [0, 0.1) is 0 Å². The lowest BCUT2D eigenvalue weighted by Gasteiger charge is -2.26. The van der Waals surface area contributed by atoms with Gasteiger partial charge in [0.2, 0.25) is 0 Å². The van der Waals surface area contributed by atoms with Gasteiger partial charge in [-0.15, -0.1) is 0 Å². The Morgan fingerprint density at radius 3 is 2.80 bits per heavy atom. The summed E-state index contributed by atoms with van der Waals surface area (Å²) in [6.45, 7) is 4.59. The molecule has 0 amide bonds. The van der Waals surface area contributed by atoms with E-state index in [1.807, 2.05) is 11.8 Å². The van der Waals surface area contributed by atoms with Crippen molar-refractivity contribution in [2.24, 2.45) is 5.84 Å². The first-order valence-electron chi connectivity index (χ1n) is 6.69. The van der Waals surface area contributed by atoms with Crippen LogP contribution in [0.3, 0.4) is 0 Å². The van der Waals surface area contributed by atoms with Crippen LogP contribution in [0.1, 0.15) is 5.82 Å². The van der Waals surface area contributed by atoms with E-state index in [9.17, 15) is 0 Å². The van der Waals surface area contributed by atoms with Gasteiger partial charge in [-0.1, -0.05) is 0 Å². The van der Waals surface area contributed by atoms with Crippen LogP contribution in [0.4, 0.5) is 11.6 Å². The smallest absolute Gasteiger partial charge is 0.158 e. The van der Waals surface area contributed by atoms with E-state index in [0.717, 1.165) is 18.9 Å². The van der Waals surface area contributed by atoms with Crippen LogP contribution >= 0.6 is 11.8 Å². The molecule has 8 heteroatoms. The molecular formula is C12H22N6OS. The summed E-state index contributed by atoms with van der Waals surface area (Å²) in [5.41, 5.74) is 2.55. The zero-order valence-electron chi connectivity index (χ0n) is 11.8. The molecule has 0 unspecified atom stereocenters. The molecule has 1 aliphatic rings. The molecule has 1 fully saturated rings. The molecule has 1 aromatic heterocycles. The van der Waals surface area contributed by atoms with Crippen molar-refractivity contribution in [3.8, 4) is 0 Å². The second-order valence-electron chi connectivity index (χ2n) is 4.51. The van der Waals surface area contributed by atoms with Crippen molar-refractivity contribution in [3.63, 3.8) is 0 Å². The number of ether oxygens (including phenoxy) is 1. The Bertz CT molecular complexity index is 413. The number of nitrogens with one attached hydrogen (secondary N) is 2. The third-order valence-corrected chi connectivity index (χ3v) is 3.97. The van der Waals surface area contributed by atoms with Crippen LogP contribution in [0.5, 0.6) is 0 Å². The van der Waals surface area contributed by atoms with Gasteiger partial charge in [-0.25, -0.2) is 15.8 Å². The van der Waals surface area contributed by atoms with Crippen molar-refractivity contribution in [3.05, 3.63) is 11.9 Å². The first kappa shape index (κ1) is 15.3. The molecule has 1 saturated heterocycles. The number of nitrogen functional groups attached to an aromatic ring is 1. The Morgan fingerprint density at radius 2 is 2.10 bits per heavy atom. The fourth-order valence-electron chi connectivity index (χ4n) is 2.02. The van der Waals surface area contributed by atoms with E-state index in [2.05, 4.69) is 25.6 Å². The van der Waals surface area contributed by atoms with Gasteiger partial charge in [0.1, 0.15) is 18.2 Å². The quantitative estimate of drug-likeness (QED) is 0.491. The van der Waals surface area contributed by atoms with Crippen LogP contribution in [-0.2, 0) is 11.3 Å². The maximum Gasteiger partial charge on any atom is 0.158 e. The number of rotatable bonds is 7. The molecule has 7 nitrogen and oxygen atoms in total. The Morgan fingerprint density at radius 1 is 1.35 bits per heavy atom. The summed E-state index contributed by atoms with van der Waals surface area (Å²) in [4.78, 5) is 11.1. The average molecular weight is 298 g/mol. The Kier molecular flexibility index (Phi) is 6.31. The molecule has 4 N–H and O–H groups in total. The topological polar surface area (TPSA) is 88.3 Å². The Balaban J connectivity index is 1.85. The number of nitrogens with zero attached hydrogens (tertiary/aromatic N) is 3. The normalized spacial score (nSPS) is 16.1. The van der Waals surface area contributed by atoms with Gasteiger partial charge in [0.25, 0.3) is 0 Å². The van der Waals surface area contributed by atoms with E-state index in [-0.39, 0.29) is 0 Å². The fourth-order valence-corrected chi connectivity index (χ4v) is 3.00. The molecule has 2 rings (SSSR count). The van der Waals surface area contributed by atoms with E-state index in [1.165, 1.54) is 24.6 Å². The lowest BCUT2D eigenvalue weighted by atomic mass is 10.4. The molecule has 1 aliphatic heterocycles. The Labute approximate surface area is 123 Å². The lowest BCUT2D eigenvalue weighted by Crippen LogP contribution is -2.36. The van der Waals surface area contributed by atoms with Gasteiger partial charge in [0, 0.05) is 50.9 Å². The predicted molar refractivity (Wildman–Crippen MR) is 82.8 cm³/mol. The highest BCUT2D eigenvalue weighted by atomic mass is 32.2. The molecule has 20 heavy (non-hydrogen) atoms. The van der Waals surface area contributed by atoms with Gasteiger partial charge >= 0.3 is 0 Å². The molecular weight excluding hydrogens is 276 g/mol. The number of aromatic nitrogens is 2. The van der Waals surface area contributed by atoms with Gasteiger partial charge < -0.3 is 15.5 Å². The summed E-state index contributed by atoms with van der Waals surface area (Å²) in [6.07, 6.45) is 0. The highest BCUT2D eigenvalue weighted by Gasteiger charge is 2.10. The molecule has 0 aromatic carbocycles. The van der Waals surface area contributed by atoms with Crippen LogP contribution < -0.4 is 16.6 Å². The van der Waals surface area contributed by atoms with E-state index < -0.39 is 0 Å². The summed E-state index contributed by atoms with van der Waals surface area (Å²) >= 11 is 2.02. The zero-order chi connectivity index (χ0) is 14.2. The van der Waals surface area contributed by atoms with E-state index >= 15 is 0 Å². The number of methoxy groups -OCH3 is 1. The Hall–Kier alpha value is -1.09. The molecule has 0 spiro atoms. The second kappa shape index (κ2) is 8.25. The summed E-state index contributed by atoms with van der Waals surface area (Å²) in [6, 6.07) is 1.80. The molecule has 112 valence electrons. The minimum atomic E-state index is 0.369. The number of hydrogen-bond acceptors (Lipinski definition) is 8. The summed E-state index contributed by atoms with van der Waals surface area (Å²) in [7, 11) is 1.62. The molecule has 0 aliphatic carbocycles. The van der Waals surface area contributed by atoms with E-state index in [4.69, 9.17) is 10.6 Å². The van der Waals surface area contributed by atoms with Crippen LogP contribution in [-0.4, -0.2) is 59.7 Å².